The van der Waals surface area contributed by atoms with Gasteiger partial charge in [-0.3, -0.25) is 4.79 Å². The molecular formula is C31H34F3NO4. The number of halogens is 3. The summed E-state index contributed by atoms with van der Waals surface area (Å²) < 4.78 is 51.7. The highest BCUT2D eigenvalue weighted by Gasteiger charge is 2.42. The van der Waals surface area contributed by atoms with Crippen LogP contribution in [-0.2, 0) is 11.8 Å². The average Bonchev–Trinajstić information content (AvgIpc) is 2.95. The number of likely N-dealkylation sites (tertiary alicyclic amines) is 1. The van der Waals surface area contributed by atoms with Crippen molar-refractivity contribution in [2.75, 3.05) is 33.4 Å². The van der Waals surface area contributed by atoms with E-state index >= 15 is 0 Å². The van der Waals surface area contributed by atoms with Crippen molar-refractivity contribution in [2.24, 2.45) is 5.92 Å². The summed E-state index contributed by atoms with van der Waals surface area (Å²) in [5, 5.41) is 12.1. The highest BCUT2D eigenvalue weighted by Crippen LogP contribution is 2.43. The molecule has 0 radical (unpaired) electrons. The topological polar surface area (TPSA) is 59.0 Å². The standard InChI is InChI=1S/C31H34F3NO4/c1-22(36)23-12-13-28(29(20-23)38-2)39-19-7-16-35-17-14-25(15-18-35)30(37,24-8-4-3-5-9-24)26-10-6-11-27(21-26)31(32,33)34/h3-6,8-13,20-21,25,37H,7,14-19H2,1-2H3. The number of piperidine rings is 1. The molecule has 5 nitrogen and oxygen atoms in total. The monoisotopic (exact) mass is 541 g/mol. The second-order valence-electron chi connectivity index (χ2n) is 9.95. The number of hydrogen-bond donors (Lipinski definition) is 1. The van der Waals surface area contributed by atoms with Crippen molar-refractivity contribution in [3.05, 3.63) is 95.1 Å². The van der Waals surface area contributed by atoms with Crippen LogP contribution >= 0.6 is 0 Å². The van der Waals surface area contributed by atoms with Gasteiger partial charge in [0, 0.05) is 12.1 Å². The largest absolute Gasteiger partial charge is 0.493 e. The minimum atomic E-state index is -4.49. The highest BCUT2D eigenvalue weighted by atomic mass is 19.4. The Morgan fingerprint density at radius 2 is 1.59 bits per heavy atom. The maximum Gasteiger partial charge on any atom is 0.416 e. The SMILES string of the molecule is COc1cc(C(C)=O)ccc1OCCCN1CCC(C(O)(c2ccccc2)c2cccc(C(F)(F)F)c2)CC1. The van der Waals surface area contributed by atoms with Crippen molar-refractivity contribution in [1.82, 2.24) is 4.90 Å². The summed E-state index contributed by atoms with van der Waals surface area (Å²) in [7, 11) is 1.53. The molecule has 1 aliphatic heterocycles. The summed E-state index contributed by atoms with van der Waals surface area (Å²) in [5.74, 6) is 0.809. The molecule has 0 aliphatic carbocycles. The molecule has 0 bridgehead atoms. The van der Waals surface area contributed by atoms with E-state index in [1.54, 1.807) is 48.5 Å². The molecule has 1 saturated heterocycles. The fourth-order valence-electron chi connectivity index (χ4n) is 5.31. The van der Waals surface area contributed by atoms with E-state index in [1.165, 1.54) is 20.1 Å². The lowest BCUT2D eigenvalue weighted by Crippen LogP contribution is -2.44. The number of ketones is 1. The maximum atomic E-state index is 13.5. The van der Waals surface area contributed by atoms with Crippen LogP contribution in [0.25, 0.3) is 0 Å². The lowest BCUT2D eigenvalue weighted by atomic mass is 9.71. The maximum absolute atomic E-state index is 13.5. The van der Waals surface area contributed by atoms with Gasteiger partial charge in [0.2, 0.25) is 0 Å². The predicted molar refractivity (Wildman–Crippen MR) is 143 cm³/mol. The van der Waals surface area contributed by atoms with Crippen molar-refractivity contribution < 1.29 is 32.5 Å². The molecule has 0 aromatic heterocycles. The van der Waals surface area contributed by atoms with Crippen LogP contribution in [0.5, 0.6) is 11.5 Å². The molecule has 208 valence electrons. The first-order valence-corrected chi connectivity index (χ1v) is 13.1. The smallest absolute Gasteiger partial charge is 0.416 e. The van der Waals surface area contributed by atoms with Crippen LogP contribution in [0.3, 0.4) is 0 Å². The number of methoxy groups -OCH3 is 1. The molecule has 1 fully saturated rings. The molecule has 0 spiro atoms. The molecule has 1 aliphatic rings. The Morgan fingerprint density at radius 1 is 0.923 bits per heavy atom. The molecular weight excluding hydrogens is 507 g/mol. The minimum absolute atomic E-state index is 0.0459. The van der Waals surface area contributed by atoms with Gasteiger partial charge in [0.1, 0.15) is 5.60 Å². The average molecular weight is 542 g/mol. The summed E-state index contributed by atoms with van der Waals surface area (Å²) in [6.07, 6.45) is -2.44. The number of carbonyl (C=O) groups excluding carboxylic acids is 1. The number of aliphatic hydroxyl groups is 1. The Labute approximate surface area is 227 Å². The van der Waals surface area contributed by atoms with Gasteiger partial charge >= 0.3 is 6.18 Å². The molecule has 0 saturated carbocycles. The third kappa shape index (κ3) is 6.62. The van der Waals surface area contributed by atoms with Gasteiger partial charge in [0.05, 0.1) is 19.3 Å². The van der Waals surface area contributed by atoms with Gasteiger partial charge < -0.3 is 19.5 Å². The Morgan fingerprint density at radius 3 is 2.23 bits per heavy atom. The van der Waals surface area contributed by atoms with Gasteiger partial charge in [-0.25, -0.2) is 0 Å². The van der Waals surface area contributed by atoms with E-state index in [2.05, 4.69) is 4.90 Å². The summed E-state index contributed by atoms with van der Waals surface area (Å²) in [5.41, 5.74) is -0.872. The first-order valence-electron chi connectivity index (χ1n) is 13.1. The second-order valence-corrected chi connectivity index (χ2v) is 9.95. The Balaban J connectivity index is 1.39. The van der Waals surface area contributed by atoms with Crippen molar-refractivity contribution in [2.45, 2.75) is 38.0 Å². The number of hydrogen-bond acceptors (Lipinski definition) is 5. The lowest BCUT2D eigenvalue weighted by molar-refractivity contribution is -0.137. The molecule has 3 aromatic rings. The van der Waals surface area contributed by atoms with Gasteiger partial charge in [-0.15, -0.1) is 0 Å². The van der Waals surface area contributed by atoms with Crippen molar-refractivity contribution in [3.8, 4) is 11.5 Å². The van der Waals surface area contributed by atoms with E-state index in [9.17, 15) is 23.1 Å². The summed E-state index contributed by atoms with van der Waals surface area (Å²) in [6.45, 7) is 4.19. The molecule has 3 aromatic carbocycles. The first-order chi connectivity index (χ1) is 18.6. The molecule has 39 heavy (non-hydrogen) atoms. The molecule has 8 heteroatoms. The number of Topliss-reactive ketones (excluding diaryl/α,β-unsaturated/α-hetero) is 1. The normalized spacial score (nSPS) is 16.5. The van der Waals surface area contributed by atoms with Gasteiger partial charge in [-0.05, 0) is 86.7 Å². The third-order valence-corrected chi connectivity index (χ3v) is 7.47. The van der Waals surface area contributed by atoms with E-state index in [-0.39, 0.29) is 17.3 Å². The van der Waals surface area contributed by atoms with Crippen LogP contribution in [-0.4, -0.2) is 49.1 Å². The third-order valence-electron chi connectivity index (χ3n) is 7.47. The van der Waals surface area contributed by atoms with Crippen molar-refractivity contribution in [3.63, 3.8) is 0 Å². The summed E-state index contributed by atoms with van der Waals surface area (Å²) >= 11 is 0. The summed E-state index contributed by atoms with van der Waals surface area (Å²) in [4.78, 5) is 13.9. The molecule has 4 rings (SSSR count). The fourth-order valence-corrected chi connectivity index (χ4v) is 5.31. The van der Waals surface area contributed by atoms with Gasteiger partial charge in [0.15, 0.2) is 17.3 Å². The molecule has 1 unspecified atom stereocenters. The van der Waals surface area contributed by atoms with Crippen LogP contribution < -0.4 is 9.47 Å². The van der Waals surface area contributed by atoms with E-state index < -0.39 is 17.3 Å². The number of carbonyl (C=O) groups is 1. The predicted octanol–water partition coefficient (Wildman–Crippen LogP) is 6.33. The number of alkyl halides is 3. The van der Waals surface area contributed by atoms with Gasteiger partial charge in [0.25, 0.3) is 0 Å². The van der Waals surface area contributed by atoms with E-state index in [0.29, 0.717) is 42.1 Å². The quantitative estimate of drug-likeness (QED) is 0.240. The Kier molecular flexibility index (Phi) is 8.97. The minimum Gasteiger partial charge on any atom is -0.493 e. The number of rotatable bonds is 10. The summed E-state index contributed by atoms with van der Waals surface area (Å²) in [6, 6.07) is 19.2. The zero-order chi connectivity index (χ0) is 28.0. The lowest BCUT2D eigenvalue weighted by Gasteiger charge is -2.42. The van der Waals surface area contributed by atoms with Crippen LogP contribution in [0, 0.1) is 5.92 Å². The van der Waals surface area contributed by atoms with Crippen LogP contribution in [0.15, 0.2) is 72.8 Å². The van der Waals surface area contributed by atoms with Crippen molar-refractivity contribution >= 4 is 5.78 Å². The molecule has 1 atom stereocenters. The Bertz CT molecular complexity index is 1260. The van der Waals surface area contributed by atoms with E-state index in [4.69, 9.17) is 9.47 Å². The first kappa shape index (κ1) is 28.6. The zero-order valence-corrected chi connectivity index (χ0v) is 22.2. The van der Waals surface area contributed by atoms with Gasteiger partial charge in [-0.1, -0.05) is 42.5 Å². The van der Waals surface area contributed by atoms with Crippen molar-refractivity contribution in [1.29, 1.82) is 0 Å². The molecule has 1 heterocycles. The molecule has 1 N–H and O–H groups in total. The van der Waals surface area contributed by atoms with Crippen LogP contribution in [0.4, 0.5) is 13.2 Å². The Hall–Kier alpha value is -3.36. The number of nitrogens with zero attached hydrogens (tertiary/aromatic N) is 1. The fraction of sp³-hybridized carbons (Fsp3) is 0.387. The van der Waals surface area contributed by atoms with Gasteiger partial charge in [-0.2, -0.15) is 13.2 Å². The van der Waals surface area contributed by atoms with E-state index in [1.807, 2.05) is 6.07 Å². The van der Waals surface area contributed by atoms with Crippen LogP contribution in [0.1, 0.15) is 53.2 Å². The number of benzene rings is 3. The zero-order valence-electron chi connectivity index (χ0n) is 22.2. The highest BCUT2D eigenvalue weighted by molar-refractivity contribution is 5.94. The number of ether oxygens (including phenoxy) is 2. The van der Waals surface area contributed by atoms with Crippen LogP contribution in [0.2, 0.25) is 0 Å². The molecule has 0 amide bonds. The second kappa shape index (κ2) is 12.2. The van der Waals surface area contributed by atoms with E-state index in [0.717, 1.165) is 38.2 Å².